The molecule has 0 saturated heterocycles. The van der Waals surface area contributed by atoms with Gasteiger partial charge in [0.2, 0.25) is 5.88 Å². The van der Waals surface area contributed by atoms with E-state index < -0.39 is 11.6 Å². The second-order valence-corrected chi connectivity index (χ2v) is 10.1. The molecule has 3 aromatic carbocycles. The highest BCUT2D eigenvalue weighted by Crippen LogP contribution is 2.37. The molecule has 0 bridgehead atoms. The maximum absolute atomic E-state index is 15.5. The molecule has 0 radical (unpaired) electrons. The molecule has 11 nitrogen and oxygen atoms in total. The highest BCUT2D eigenvalue weighted by Gasteiger charge is 2.17. The second-order valence-electron chi connectivity index (χ2n) is 10.1. The van der Waals surface area contributed by atoms with Gasteiger partial charge in [-0.15, -0.1) is 0 Å². The van der Waals surface area contributed by atoms with Crippen LogP contribution in [-0.4, -0.2) is 60.2 Å². The number of fused-ring (bicyclic) bond motifs is 2. The number of nitrogens with zero attached hydrogens (tertiary/aromatic N) is 4. The van der Waals surface area contributed by atoms with Crippen LogP contribution in [0.15, 0.2) is 90.2 Å². The molecule has 1 N–H and O–H groups in total. The topological polar surface area (TPSA) is 119 Å². The molecule has 6 rings (SSSR count). The van der Waals surface area contributed by atoms with Crippen molar-refractivity contribution in [1.82, 2.24) is 19.5 Å². The van der Waals surface area contributed by atoms with Crippen LogP contribution in [-0.2, 0) is 9.47 Å². The van der Waals surface area contributed by atoms with Gasteiger partial charge in [0.15, 0.2) is 23.1 Å². The zero-order valence-corrected chi connectivity index (χ0v) is 25.4. The first-order valence-electron chi connectivity index (χ1n) is 14.5. The number of aromatic nitrogens is 4. The molecule has 0 spiro atoms. The first kappa shape index (κ1) is 31.3. The summed E-state index contributed by atoms with van der Waals surface area (Å²) in [5, 5.41) is 4.42. The molecule has 3 aromatic heterocycles. The van der Waals surface area contributed by atoms with Crippen molar-refractivity contribution in [1.29, 1.82) is 0 Å². The molecule has 0 aliphatic heterocycles. The van der Waals surface area contributed by atoms with E-state index >= 15 is 4.39 Å². The highest BCUT2D eigenvalue weighted by atomic mass is 19.1. The molecule has 3 heterocycles. The van der Waals surface area contributed by atoms with Crippen molar-refractivity contribution in [2.45, 2.75) is 0 Å². The molecule has 0 amide bonds. The fourth-order valence-electron chi connectivity index (χ4n) is 4.80. The normalized spacial score (nSPS) is 11.1. The molecule has 0 saturated carbocycles. The van der Waals surface area contributed by atoms with Crippen LogP contribution in [0.1, 0.15) is 0 Å². The number of hydrogen-bond donors (Lipinski definition) is 1. The molecule has 47 heavy (non-hydrogen) atoms. The van der Waals surface area contributed by atoms with E-state index in [0.29, 0.717) is 59.0 Å². The van der Waals surface area contributed by atoms with Gasteiger partial charge < -0.3 is 29.0 Å². The number of hydrogen-bond acceptors (Lipinski definition) is 10. The van der Waals surface area contributed by atoms with E-state index in [2.05, 4.69) is 20.3 Å². The average molecular weight is 642 g/mol. The summed E-state index contributed by atoms with van der Waals surface area (Å²) in [6, 6.07) is 16.6. The number of anilines is 2. The molecule has 6 aromatic rings. The average Bonchev–Trinajstić information content (AvgIpc) is 3.07. The third-order valence-corrected chi connectivity index (χ3v) is 7.08. The Kier molecular flexibility index (Phi) is 9.46. The van der Waals surface area contributed by atoms with Crippen LogP contribution in [0.25, 0.3) is 27.4 Å². The van der Waals surface area contributed by atoms with Crippen molar-refractivity contribution in [2.24, 2.45) is 0 Å². The van der Waals surface area contributed by atoms with Gasteiger partial charge in [0.25, 0.3) is 5.56 Å². The molecular formula is C34H29F2N5O6. The quantitative estimate of drug-likeness (QED) is 0.146. The van der Waals surface area contributed by atoms with E-state index in [-0.39, 0.29) is 35.0 Å². The molecule has 0 aliphatic rings. The Morgan fingerprint density at radius 1 is 0.787 bits per heavy atom. The first-order chi connectivity index (χ1) is 22.9. The lowest BCUT2D eigenvalue weighted by molar-refractivity contribution is 0.132. The third-order valence-electron chi connectivity index (χ3n) is 7.08. The van der Waals surface area contributed by atoms with Crippen LogP contribution in [0.3, 0.4) is 0 Å². The molecule has 0 unspecified atom stereocenters. The van der Waals surface area contributed by atoms with Gasteiger partial charge in [0.05, 0.1) is 29.5 Å². The summed E-state index contributed by atoms with van der Waals surface area (Å²) in [4.78, 5) is 26.4. The lowest BCUT2D eigenvalue weighted by Crippen LogP contribution is -2.19. The van der Waals surface area contributed by atoms with Gasteiger partial charge in [0, 0.05) is 50.1 Å². The minimum atomic E-state index is -0.693. The number of pyridine rings is 2. The van der Waals surface area contributed by atoms with Gasteiger partial charge in [-0.05, 0) is 60.0 Å². The molecular weight excluding hydrogens is 612 g/mol. The van der Waals surface area contributed by atoms with Crippen LogP contribution in [0, 0.1) is 11.6 Å². The van der Waals surface area contributed by atoms with E-state index in [9.17, 15) is 9.18 Å². The Morgan fingerprint density at radius 3 is 2.26 bits per heavy atom. The van der Waals surface area contributed by atoms with Gasteiger partial charge in [-0.25, -0.2) is 23.7 Å². The SMILES string of the molecule is COCCOc1cc2ncnc(Oc3ccc(Nc4nccc5ccn(-c6ccc(F)cc6)c(=O)c45)cc3F)c2cc1OCCOC. The van der Waals surface area contributed by atoms with E-state index in [1.165, 1.54) is 47.3 Å². The van der Waals surface area contributed by atoms with Gasteiger partial charge in [-0.3, -0.25) is 9.36 Å². The van der Waals surface area contributed by atoms with Crippen LogP contribution in [0.5, 0.6) is 23.1 Å². The fourth-order valence-corrected chi connectivity index (χ4v) is 4.80. The summed E-state index contributed by atoms with van der Waals surface area (Å²) >= 11 is 0. The number of methoxy groups -OCH3 is 2. The Morgan fingerprint density at radius 2 is 1.53 bits per heavy atom. The third kappa shape index (κ3) is 6.95. The van der Waals surface area contributed by atoms with Crippen molar-refractivity contribution in [3.63, 3.8) is 0 Å². The zero-order chi connectivity index (χ0) is 32.8. The van der Waals surface area contributed by atoms with Crippen LogP contribution < -0.4 is 25.1 Å². The molecule has 0 aliphatic carbocycles. The summed E-state index contributed by atoms with van der Waals surface area (Å²) in [6.07, 6.45) is 4.46. The number of rotatable bonds is 13. The minimum Gasteiger partial charge on any atom is -0.487 e. The van der Waals surface area contributed by atoms with Crippen LogP contribution in [0.4, 0.5) is 20.3 Å². The summed E-state index contributed by atoms with van der Waals surface area (Å²) in [5.74, 6) is -0.0165. The predicted octanol–water partition coefficient (Wildman–Crippen LogP) is 6.19. The number of benzene rings is 3. The van der Waals surface area contributed by atoms with Crippen LogP contribution in [0.2, 0.25) is 0 Å². The maximum Gasteiger partial charge on any atom is 0.266 e. The van der Waals surface area contributed by atoms with E-state index in [0.717, 1.165) is 0 Å². The predicted molar refractivity (Wildman–Crippen MR) is 171 cm³/mol. The Bertz CT molecular complexity index is 2090. The van der Waals surface area contributed by atoms with Gasteiger partial charge in [0.1, 0.15) is 31.2 Å². The monoisotopic (exact) mass is 641 g/mol. The van der Waals surface area contributed by atoms with Crippen molar-refractivity contribution in [2.75, 3.05) is 46.0 Å². The van der Waals surface area contributed by atoms with Crippen molar-refractivity contribution >= 4 is 33.2 Å². The first-order valence-corrected chi connectivity index (χ1v) is 14.5. The largest absolute Gasteiger partial charge is 0.487 e. The van der Waals surface area contributed by atoms with Gasteiger partial charge in [-0.2, -0.15) is 0 Å². The number of ether oxygens (including phenoxy) is 5. The summed E-state index contributed by atoms with van der Waals surface area (Å²) in [7, 11) is 3.15. The summed E-state index contributed by atoms with van der Waals surface area (Å²) < 4.78 is 58.1. The fraction of sp³-hybridized carbons (Fsp3) is 0.176. The lowest BCUT2D eigenvalue weighted by atomic mass is 10.2. The maximum atomic E-state index is 15.5. The Labute approximate surface area is 267 Å². The van der Waals surface area contributed by atoms with E-state index in [4.69, 9.17) is 23.7 Å². The number of halogens is 2. The second kappa shape index (κ2) is 14.2. The number of nitrogens with one attached hydrogen (secondary N) is 1. The zero-order valence-electron chi connectivity index (χ0n) is 25.4. The molecule has 0 atom stereocenters. The standard InChI is InChI=1S/C34H29F2N5O6/c1-43-13-15-45-29-18-25-27(19-30(29)46-16-14-44-2)38-20-39-33(25)47-28-8-5-23(17-26(28)36)40-32-31-21(9-11-37-32)10-12-41(34(31)42)24-6-3-22(35)4-7-24/h3-12,17-20H,13-16H2,1-2H3,(H,37,40). The Hall–Kier alpha value is -5.66. The molecule has 13 heteroatoms. The summed E-state index contributed by atoms with van der Waals surface area (Å²) in [6.45, 7) is 1.29. The lowest BCUT2D eigenvalue weighted by Gasteiger charge is -2.15. The summed E-state index contributed by atoms with van der Waals surface area (Å²) in [5.41, 5.74) is 0.930. The smallest absolute Gasteiger partial charge is 0.266 e. The minimum absolute atomic E-state index is 0.0950. The molecule has 0 fully saturated rings. The van der Waals surface area contributed by atoms with Gasteiger partial charge in [-0.1, -0.05) is 0 Å². The van der Waals surface area contributed by atoms with E-state index in [1.54, 1.807) is 56.9 Å². The molecule has 240 valence electrons. The van der Waals surface area contributed by atoms with Gasteiger partial charge >= 0.3 is 0 Å². The van der Waals surface area contributed by atoms with Crippen molar-refractivity contribution in [3.8, 4) is 28.8 Å². The van der Waals surface area contributed by atoms with Crippen molar-refractivity contribution < 1.29 is 32.5 Å². The highest BCUT2D eigenvalue weighted by molar-refractivity contribution is 5.92. The Balaban J connectivity index is 1.28. The van der Waals surface area contributed by atoms with Crippen LogP contribution >= 0.6 is 0 Å². The van der Waals surface area contributed by atoms with E-state index in [1.807, 2.05) is 0 Å². The van der Waals surface area contributed by atoms with Crippen molar-refractivity contribution in [3.05, 3.63) is 107 Å².